The number of aliphatic hydroxyl groups is 1. The summed E-state index contributed by atoms with van der Waals surface area (Å²) in [4.78, 5) is 23.8. The minimum atomic E-state index is -1.39. The molecule has 4 rings (SSSR count). The van der Waals surface area contributed by atoms with Crippen molar-refractivity contribution in [2.75, 3.05) is 26.2 Å². The predicted octanol–water partition coefficient (Wildman–Crippen LogP) is 3.34. The molecular weight excluding hydrogens is 573 g/mol. The van der Waals surface area contributed by atoms with Crippen molar-refractivity contribution in [3.05, 3.63) is 101 Å². The summed E-state index contributed by atoms with van der Waals surface area (Å²) in [5.74, 6) is -2.39. The Labute approximate surface area is 250 Å². The number of hydrogen-bond acceptors (Lipinski definition) is 7. The zero-order chi connectivity index (χ0) is 27.6. The van der Waals surface area contributed by atoms with Crippen LogP contribution in [-0.4, -0.2) is 59.9 Å². The van der Waals surface area contributed by atoms with E-state index in [1.54, 1.807) is 48.5 Å². The SMILES string of the molecule is O=C([O-])[C@@H](N=C(c1ccccc1)c1ccccc1N=C([O-])CN1CCCCC1)[C@@H](CCO)c1ccccc1Cl.[Ni+2]. The zero-order valence-electron chi connectivity index (χ0n) is 22.0. The Morgan fingerprint density at radius 1 is 0.925 bits per heavy atom. The summed E-state index contributed by atoms with van der Waals surface area (Å²) in [6.45, 7) is 1.73. The maximum Gasteiger partial charge on any atom is 2.00 e. The first-order valence-corrected chi connectivity index (χ1v) is 13.6. The largest absolute Gasteiger partial charge is 2.00 e. The maximum atomic E-state index is 12.9. The molecule has 1 aliphatic rings. The number of carboxylic acid groups (broad SMARTS) is 1. The standard InChI is InChI=1S/C31H34ClN3O4.Ni/c32-26-15-7-5-13-23(26)24(17-20-36)30(31(38)39)34-29(22-11-3-1-4-12-22)25-14-6-8-16-27(25)33-28(37)21-35-18-9-2-10-19-35;/h1,3-8,11-16,24,30,36H,2,9-10,17-21H2,(H,33,37)(H,38,39);/q;+2/p-2/t24-,30-;/m0./s1. The van der Waals surface area contributed by atoms with Gasteiger partial charge in [0.25, 0.3) is 0 Å². The molecule has 1 aliphatic heterocycles. The first kappa shape index (κ1) is 31.5. The van der Waals surface area contributed by atoms with E-state index in [9.17, 15) is 20.1 Å². The van der Waals surface area contributed by atoms with Crippen LogP contribution >= 0.6 is 11.6 Å². The molecule has 0 aromatic heterocycles. The quantitative estimate of drug-likeness (QED) is 0.205. The third-order valence-electron chi connectivity index (χ3n) is 6.89. The molecule has 9 heteroatoms. The number of aliphatic hydroxyl groups excluding tert-OH is 1. The van der Waals surface area contributed by atoms with Gasteiger partial charge in [0.1, 0.15) is 0 Å². The number of benzene rings is 3. The number of carbonyl (C=O) groups is 1. The van der Waals surface area contributed by atoms with Crippen molar-refractivity contribution < 1.29 is 36.6 Å². The zero-order valence-corrected chi connectivity index (χ0v) is 23.8. The number of aliphatic carboxylic acids is 1. The second-order valence-electron chi connectivity index (χ2n) is 9.61. The van der Waals surface area contributed by atoms with Gasteiger partial charge in [-0.05, 0) is 55.9 Å². The van der Waals surface area contributed by atoms with Crippen LogP contribution in [0.1, 0.15) is 48.3 Å². The maximum absolute atomic E-state index is 12.9. The van der Waals surface area contributed by atoms with Crippen LogP contribution in [0.3, 0.4) is 0 Å². The molecule has 212 valence electrons. The van der Waals surface area contributed by atoms with E-state index in [1.807, 2.05) is 30.3 Å². The van der Waals surface area contributed by atoms with Gasteiger partial charge in [0.2, 0.25) is 0 Å². The van der Waals surface area contributed by atoms with Crippen LogP contribution < -0.4 is 10.2 Å². The van der Waals surface area contributed by atoms with Gasteiger partial charge in [0.05, 0.1) is 23.4 Å². The number of piperidine rings is 1. The Balaban J connectivity index is 0.00000441. The van der Waals surface area contributed by atoms with E-state index in [-0.39, 0.29) is 42.0 Å². The summed E-state index contributed by atoms with van der Waals surface area (Å²) in [6.07, 6.45) is 3.43. The molecule has 1 saturated heterocycles. The average molecular weight is 605 g/mol. The second-order valence-corrected chi connectivity index (χ2v) is 10.0. The summed E-state index contributed by atoms with van der Waals surface area (Å²) in [7, 11) is 0. The average Bonchev–Trinajstić information content (AvgIpc) is 2.94. The molecule has 0 amide bonds. The van der Waals surface area contributed by atoms with Gasteiger partial charge in [0, 0.05) is 35.2 Å². The van der Waals surface area contributed by atoms with Crippen LogP contribution in [0.25, 0.3) is 0 Å². The van der Waals surface area contributed by atoms with Crippen LogP contribution in [-0.2, 0) is 21.3 Å². The molecule has 0 saturated carbocycles. The molecule has 0 bridgehead atoms. The third kappa shape index (κ3) is 8.24. The molecule has 1 N–H and O–H groups in total. The number of hydrogen-bond donors (Lipinski definition) is 1. The van der Waals surface area contributed by atoms with Crippen LogP contribution in [0, 0.1) is 0 Å². The first-order valence-electron chi connectivity index (χ1n) is 13.2. The van der Waals surface area contributed by atoms with Crippen LogP contribution in [0.5, 0.6) is 0 Å². The number of carboxylic acids is 1. The molecule has 0 radical (unpaired) electrons. The van der Waals surface area contributed by atoms with Gasteiger partial charge < -0.3 is 20.1 Å². The Kier molecular flexibility index (Phi) is 12.3. The third-order valence-corrected chi connectivity index (χ3v) is 7.24. The molecular formula is C31H32ClN3NiO4. The summed E-state index contributed by atoms with van der Waals surface area (Å²) in [6, 6.07) is 21.9. The van der Waals surface area contributed by atoms with Crippen LogP contribution in [0.15, 0.2) is 88.8 Å². The minimum absolute atomic E-state index is 0. The minimum Gasteiger partial charge on any atom is -0.861 e. The molecule has 1 heterocycles. The number of nitrogens with zero attached hydrogens (tertiary/aromatic N) is 3. The van der Waals surface area contributed by atoms with E-state index >= 15 is 0 Å². The van der Waals surface area contributed by atoms with E-state index in [4.69, 9.17) is 16.6 Å². The molecule has 40 heavy (non-hydrogen) atoms. The van der Waals surface area contributed by atoms with Crippen LogP contribution in [0.4, 0.5) is 5.69 Å². The van der Waals surface area contributed by atoms with E-state index in [0.29, 0.717) is 33.1 Å². The normalized spacial score (nSPS) is 16.1. The Hall–Kier alpha value is -3.03. The van der Waals surface area contributed by atoms with Gasteiger partial charge in [-0.3, -0.25) is 14.9 Å². The van der Waals surface area contributed by atoms with Gasteiger partial charge in [0.15, 0.2) is 0 Å². The van der Waals surface area contributed by atoms with Gasteiger partial charge >= 0.3 is 16.5 Å². The molecule has 1 fully saturated rings. The molecule has 3 aromatic carbocycles. The van der Waals surface area contributed by atoms with E-state index < -0.39 is 17.9 Å². The smallest absolute Gasteiger partial charge is 0.861 e. The fraction of sp³-hybridized carbons (Fsp3) is 0.323. The Bertz CT molecular complexity index is 1310. The topological polar surface area (TPSA) is 111 Å². The van der Waals surface area contributed by atoms with Crippen molar-refractivity contribution in [3.63, 3.8) is 0 Å². The van der Waals surface area contributed by atoms with Crippen molar-refractivity contribution in [1.82, 2.24) is 4.90 Å². The van der Waals surface area contributed by atoms with Crippen LogP contribution in [0.2, 0.25) is 5.02 Å². The first-order chi connectivity index (χ1) is 19.0. The molecule has 0 aliphatic carbocycles. The number of rotatable bonds is 11. The monoisotopic (exact) mass is 603 g/mol. The number of para-hydroxylation sites is 1. The second kappa shape index (κ2) is 15.7. The number of carbonyl (C=O) groups excluding carboxylic acids is 1. The molecule has 0 spiro atoms. The summed E-state index contributed by atoms with van der Waals surface area (Å²) >= 11 is 6.44. The van der Waals surface area contributed by atoms with Crippen molar-refractivity contribution in [1.29, 1.82) is 0 Å². The molecule has 2 atom stereocenters. The van der Waals surface area contributed by atoms with Crippen molar-refractivity contribution in [3.8, 4) is 0 Å². The van der Waals surface area contributed by atoms with E-state index in [1.165, 1.54) is 6.42 Å². The van der Waals surface area contributed by atoms with Gasteiger partial charge in [-0.1, -0.05) is 84.8 Å². The Morgan fingerprint density at radius 3 is 2.25 bits per heavy atom. The number of halogens is 1. The van der Waals surface area contributed by atoms with Gasteiger partial charge in [-0.2, -0.15) is 0 Å². The summed E-state index contributed by atoms with van der Waals surface area (Å²) in [5.41, 5.74) is 2.54. The van der Waals surface area contributed by atoms with Gasteiger partial charge in [-0.15, -0.1) is 0 Å². The number of likely N-dealkylation sites (tertiary alicyclic amines) is 1. The van der Waals surface area contributed by atoms with Gasteiger partial charge in [-0.25, -0.2) is 0 Å². The fourth-order valence-corrected chi connectivity index (χ4v) is 5.27. The molecule has 3 aromatic rings. The predicted molar refractivity (Wildman–Crippen MR) is 151 cm³/mol. The summed E-state index contributed by atoms with van der Waals surface area (Å²) in [5, 5.41) is 35.7. The molecule has 0 unspecified atom stereocenters. The fourth-order valence-electron chi connectivity index (χ4n) is 4.99. The number of aliphatic imine (C=N–C) groups is 2. The van der Waals surface area contributed by atoms with E-state index in [2.05, 4.69) is 9.89 Å². The molecule has 7 nitrogen and oxygen atoms in total. The van der Waals surface area contributed by atoms with Crippen molar-refractivity contribution in [2.24, 2.45) is 9.98 Å². The Morgan fingerprint density at radius 2 is 1.57 bits per heavy atom. The van der Waals surface area contributed by atoms with Crippen molar-refractivity contribution in [2.45, 2.75) is 37.6 Å². The summed E-state index contributed by atoms with van der Waals surface area (Å²) < 4.78 is 0. The van der Waals surface area contributed by atoms with E-state index in [0.717, 1.165) is 25.9 Å². The van der Waals surface area contributed by atoms with Crippen molar-refractivity contribution >= 4 is 34.9 Å².